The van der Waals surface area contributed by atoms with Crippen LogP contribution in [0.3, 0.4) is 0 Å². The van der Waals surface area contributed by atoms with E-state index in [9.17, 15) is 35.6 Å². The Morgan fingerprint density at radius 3 is 2.52 bits per heavy atom. The molecule has 0 saturated carbocycles. The number of hydrogen-bond acceptors (Lipinski definition) is 5. The van der Waals surface area contributed by atoms with E-state index in [2.05, 4.69) is 5.32 Å². The van der Waals surface area contributed by atoms with Crippen molar-refractivity contribution in [2.24, 2.45) is 0 Å². The number of alkyl halides is 3. The summed E-state index contributed by atoms with van der Waals surface area (Å²) in [6.45, 7) is -0.391. The van der Waals surface area contributed by atoms with Gasteiger partial charge in [0.1, 0.15) is 30.0 Å². The number of carbonyl (C=O) groups is 2. The van der Waals surface area contributed by atoms with Crippen LogP contribution in [0.4, 0.5) is 17.6 Å². The second-order valence-electron chi connectivity index (χ2n) is 7.24. The highest BCUT2D eigenvalue weighted by Gasteiger charge is 2.41. The Morgan fingerprint density at radius 2 is 1.85 bits per heavy atom. The minimum atomic E-state index is -4.75. The normalized spacial score (nSPS) is 17.6. The Hall–Kier alpha value is -2.99. The summed E-state index contributed by atoms with van der Waals surface area (Å²) >= 11 is 0. The van der Waals surface area contributed by atoms with Gasteiger partial charge in [0.15, 0.2) is 0 Å². The molecule has 178 valence electrons. The number of Topliss-reactive ketones (excluding diaryl/α,β-unsaturated/α-hetero) is 1. The number of amides is 1. The molecule has 1 saturated heterocycles. The molecular weight excluding hydrogens is 468 g/mol. The number of halogens is 4. The van der Waals surface area contributed by atoms with E-state index in [0.717, 1.165) is 22.5 Å². The molecule has 0 aliphatic carbocycles. The number of hydrogen-bond donors (Lipinski definition) is 1. The van der Waals surface area contributed by atoms with Gasteiger partial charge in [-0.05, 0) is 42.5 Å². The molecule has 7 nitrogen and oxygen atoms in total. The first kappa shape index (κ1) is 24.6. The van der Waals surface area contributed by atoms with Crippen LogP contribution in [-0.2, 0) is 25.8 Å². The van der Waals surface area contributed by atoms with Crippen molar-refractivity contribution in [3.05, 3.63) is 59.9 Å². The van der Waals surface area contributed by atoms with Crippen LogP contribution in [0.5, 0.6) is 5.75 Å². The highest BCUT2D eigenvalue weighted by Crippen LogP contribution is 2.32. The van der Waals surface area contributed by atoms with Crippen LogP contribution in [0.25, 0.3) is 0 Å². The molecule has 12 heteroatoms. The molecule has 0 bridgehead atoms. The number of nitrogens with zero attached hydrogens (tertiary/aromatic N) is 1. The molecule has 33 heavy (non-hydrogen) atoms. The number of ether oxygens (including phenoxy) is 1. The van der Waals surface area contributed by atoms with Gasteiger partial charge in [-0.3, -0.25) is 9.59 Å². The summed E-state index contributed by atoms with van der Waals surface area (Å²) in [6.07, 6.45) is -5.30. The first-order valence-electron chi connectivity index (χ1n) is 9.85. The summed E-state index contributed by atoms with van der Waals surface area (Å²) in [4.78, 5) is 23.9. The van der Waals surface area contributed by atoms with Crippen LogP contribution in [0.15, 0.2) is 53.4 Å². The Kier molecular flexibility index (Phi) is 7.38. The number of piperidine rings is 1. The molecule has 1 aliphatic heterocycles. The van der Waals surface area contributed by atoms with Gasteiger partial charge in [0, 0.05) is 19.4 Å². The SMILES string of the molecule is O=C1CCN(S(=O)(=O)c2cccc(C(F)(F)F)c2)C(C(=O)NCCOc2ccc(F)cc2)C1. The highest BCUT2D eigenvalue weighted by molar-refractivity contribution is 7.89. The van der Waals surface area contributed by atoms with Gasteiger partial charge in [0.25, 0.3) is 0 Å². The van der Waals surface area contributed by atoms with Crippen LogP contribution in [-0.4, -0.2) is 50.2 Å². The summed E-state index contributed by atoms with van der Waals surface area (Å²) in [5, 5.41) is 2.47. The summed E-state index contributed by atoms with van der Waals surface area (Å²) in [5.41, 5.74) is -1.14. The highest BCUT2D eigenvalue weighted by atomic mass is 32.2. The fourth-order valence-electron chi connectivity index (χ4n) is 3.28. The standard InChI is InChI=1S/C21H20F4N2O5S/c22-15-4-6-17(7-5-15)32-11-9-26-20(29)19-13-16(28)8-10-27(19)33(30,31)18-3-1-2-14(12-18)21(23,24)25/h1-7,12,19H,8-11,13H2,(H,26,29). The fraction of sp³-hybridized carbons (Fsp3) is 0.333. The van der Waals surface area contributed by atoms with Gasteiger partial charge >= 0.3 is 6.18 Å². The van der Waals surface area contributed by atoms with Crippen molar-refractivity contribution in [2.45, 2.75) is 30.0 Å². The quantitative estimate of drug-likeness (QED) is 0.478. The van der Waals surface area contributed by atoms with Gasteiger partial charge in [-0.25, -0.2) is 12.8 Å². The summed E-state index contributed by atoms with van der Waals surface area (Å²) in [7, 11) is -4.49. The smallest absolute Gasteiger partial charge is 0.416 e. The molecule has 1 heterocycles. The van der Waals surface area contributed by atoms with Gasteiger partial charge in [-0.2, -0.15) is 17.5 Å². The Morgan fingerprint density at radius 1 is 1.15 bits per heavy atom. The van der Waals surface area contributed by atoms with Crippen LogP contribution in [0.2, 0.25) is 0 Å². The lowest BCUT2D eigenvalue weighted by molar-refractivity contribution is -0.137. The largest absolute Gasteiger partial charge is 0.492 e. The van der Waals surface area contributed by atoms with Crippen LogP contribution < -0.4 is 10.1 Å². The van der Waals surface area contributed by atoms with E-state index >= 15 is 0 Å². The van der Waals surface area contributed by atoms with E-state index < -0.39 is 50.8 Å². The second-order valence-corrected chi connectivity index (χ2v) is 9.13. The second kappa shape index (κ2) is 9.87. The van der Waals surface area contributed by atoms with Crippen molar-refractivity contribution in [1.82, 2.24) is 9.62 Å². The van der Waals surface area contributed by atoms with Crippen molar-refractivity contribution in [3.63, 3.8) is 0 Å². The lowest BCUT2D eigenvalue weighted by atomic mass is 10.0. The maximum absolute atomic E-state index is 13.0. The Balaban J connectivity index is 1.71. The van der Waals surface area contributed by atoms with E-state index in [-0.39, 0.29) is 31.9 Å². The molecule has 1 amide bonds. The molecule has 2 aromatic rings. The third-order valence-electron chi connectivity index (χ3n) is 4.93. The third-order valence-corrected chi connectivity index (χ3v) is 6.84. The van der Waals surface area contributed by atoms with E-state index in [4.69, 9.17) is 4.74 Å². The van der Waals surface area contributed by atoms with Crippen molar-refractivity contribution in [3.8, 4) is 5.75 Å². The molecule has 1 atom stereocenters. The molecule has 1 unspecified atom stereocenters. The molecule has 0 aromatic heterocycles. The molecular formula is C21H20F4N2O5S. The summed E-state index contributed by atoms with van der Waals surface area (Å²) in [5.74, 6) is -1.21. The van der Waals surface area contributed by atoms with Gasteiger partial charge < -0.3 is 10.1 Å². The van der Waals surface area contributed by atoms with Crippen molar-refractivity contribution >= 4 is 21.7 Å². The van der Waals surface area contributed by atoms with E-state index in [1.54, 1.807) is 0 Å². The molecule has 1 fully saturated rings. The number of benzene rings is 2. The maximum Gasteiger partial charge on any atom is 0.416 e. The molecule has 3 rings (SSSR count). The van der Waals surface area contributed by atoms with E-state index in [0.29, 0.717) is 11.8 Å². The average molecular weight is 488 g/mol. The minimum absolute atomic E-state index is 0.0155. The van der Waals surface area contributed by atoms with Crippen LogP contribution in [0.1, 0.15) is 18.4 Å². The molecule has 0 spiro atoms. The molecule has 0 radical (unpaired) electrons. The van der Waals surface area contributed by atoms with Gasteiger partial charge in [-0.15, -0.1) is 0 Å². The summed E-state index contributed by atoms with van der Waals surface area (Å²) in [6, 6.07) is 6.97. The van der Waals surface area contributed by atoms with Crippen LogP contribution in [0, 0.1) is 5.82 Å². The minimum Gasteiger partial charge on any atom is -0.492 e. The predicted molar refractivity (Wildman–Crippen MR) is 108 cm³/mol. The van der Waals surface area contributed by atoms with Crippen molar-refractivity contribution in [1.29, 1.82) is 0 Å². The molecule has 2 aromatic carbocycles. The van der Waals surface area contributed by atoms with Crippen LogP contribution >= 0.6 is 0 Å². The number of sulfonamides is 1. The predicted octanol–water partition coefficient (Wildman–Crippen LogP) is 2.76. The first-order chi connectivity index (χ1) is 15.5. The summed E-state index contributed by atoms with van der Waals surface area (Å²) < 4.78 is 84.1. The zero-order chi connectivity index (χ0) is 24.2. The number of nitrogens with one attached hydrogen (secondary N) is 1. The average Bonchev–Trinajstić information content (AvgIpc) is 2.77. The van der Waals surface area contributed by atoms with Crippen molar-refractivity contribution < 1.29 is 40.3 Å². The number of rotatable bonds is 7. The maximum atomic E-state index is 13.0. The lowest BCUT2D eigenvalue weighted by Crippen LogP contribution is -2.54. The Bertz CT molecular complexity index is 1120. The van der Waals surface area contributed by atoms with Crippen molar-refractivity contribution in [2.75, 3.05) is 19.7 Å². The number of carbonyl (C=O) groups excluding carboxylic acids is 2. The van der Waals surface area contributed by atoms with Gasteiger partial charge in [0.2, 0.25) is 15.9 Å². The fourth-order valence-corrected chi connectivity index (χ4v) is 4.92. The van der Waals surface area contributed by atoms with E-state index in [1.165, 1.54) is 24.3 Å². The van der Waals surface area contributed by atoms with E-state index in [1.807, 2.05) is 0 Å². The Labute approximate surface area is 187 Å². The molecule has 1 N–H and O–H groups in total. The number of ketones is 1. The topological polar surface area (TPSA) is 92.8 Å². The third kappa shape index (κ3) is 6.08. The zero-order valence-corrected chi connectivity index (χ0v) is 18.0. The lowest BCUT2D eigenvalue weighted by Gasteiger charge is -2.33. The first-order valence-corrected chi connectivity index (χ1v) is 11.3. The molecule has 1 aliphatic rings. The van der Waals surface area contributed by atoms with Gasteiger partial charge in [0.05, 0.1) is 17.0 Å². The monoisotopic (exact) mass is 488 g/mol. The van der Waals surface area contributed by atoms with Gasteiger partial charge in [-0.1, -0.05) is 6.07 Å². The zero-order valence-electron chi connectivity index (χ0n) is 17.1.